The van der Waals surface area contributed by atoms with E-state index in [0.29, 0.717) is 24.8 Å². The third kappa shape index (κ3) is 3.70. The van der Waals surface area contributed by atoms with Crippen LogP contribution in [0.2, 0.25) is 10.0 Å². The molecule has 0 atom stereocenters. The van der Waals surface area contributed by atoms with Crippen molar-refractivity contribution in [2.75, 3.05) is 0 Å². The minimum Gasteiger partial charge on any atom is -0.266 e. The SMILES string of the molecule is O=C1/C(=C\c2c(Cl)cccc2Cl)SC(=S)N1/N=C/c1ccccc1. The Balaban J connectivity index is 1.87. The molecule has 0 aromatic heterocycles. The van der Waals surface area contributed by atoms with Crippen molar-refractivity contribution in [3.63, 3.8) is 0 Å². The number of amides is 1. The third-order valence-corrected chi connectivity index (χ3v) is 5.11. The van der Waals surface area contributed by atoms with Crippen LogP contribution in [0.15, 0.2) is 58.5 Å². The number of hydrogen-bond donors (Lipinski definition) is 0. The first-order chi connectivity index (χ1) is 11.6. The van der Waals surface area contributed by atoms with Gasteiger partial charge < -0.3 is 0 Å². The summed E-state index contributed by atoms with van der Waals surface area (Å²) >= 11 is 18.7. The van der Waals surface area contributed by atoms with Gasteiger partial charge in [-0.3, -0.25) is 4.79 Å². The molecular weight excluding hydrogens is 383 g/mol. The lowest BCUT2D eigenvalue weighted by molar-refractivity contribution is -0.122. The second-order valence-electron chi connectivity index (χ2n) is 4.78. The van der Waals surface area contributed by atoms with Crippen LogP contribution < -0.4 is 0 Å². The van der Waals surface area contributed by atoms with Gasteiger partial charge >= 0.3 is 0 Å². The summed E-state index contributed by atoms with van der Waals surface area (Å²) < 4.78 is 0.363. The Morgan fingerprint density at radius 2 is 1.71 bits per heavy atom. The normalized spacial score (nSPS) is 16.6. The van der Waals surface area contributed by atoms with Gasteiger partial charge in [-0.05, 0) is 36.0 Å². The van der Waals surface area contributed by atoms with Crippen molar-refractivity contribution in [3.8, 4) is 0 Å². The molecule has 1 amide bonds. The predicted octanol–water partition coefficient (Wildman–Crippen LogP) is 5.23. The van der Waals surface area contributed by atoms with Crippen LogP contribution in [-0.2, 0) is 4.79 Å². The zero-order chi connectivity index (χ0) is 17.1. The number of thiocarbonyl (C=S) groups is 1. The molecule has 24 heavy (non-hydrogen) atoms. The summed E-state index contributed by atoms with van der Waals surface area (Å²) in [6.07, 6.45) is 3.23. The molecule has 0 spiro atoms. The van der Waals surface area contributed by atoms with Gasteiger partial charge in [0, 0.05) is 15.6 Å². The zero-order valence-electron chi connectivity index (χ0n) is 12.1. The Bertz CT molecular complexity index is 846. The van der Waals surface area contributed by atoms with E-state index in [1.165, 1.54) is 16.8 Å². The van der Waals surface area contributed by atoms with Gasteiger partial charge in [0.1, 0.15) is 0 Å². The van der Waals surface area contributed by atoms with Crippen LogP contribution in [0.25, 0.3) is 6.08 Å². The van der Waals surface area contributed by atoms with Gasteiger partial charge in [-0.2, -0.15) is 10.1 Å². The van der Waals surface area contributed by atoms with Gasteiger partial charge in [0.2, 0.25) is 0 Å². The fourth-order valence-corrected chi connectivity index (χ4v) is 3.66. The highest BCUT2D eigenvalue weighted by atomic mass is 35.5. The molecule has 0 saturated carbocycles. The van der Waals surface area contributed by atoms with E-state index >= 15 is 0 Å². The molecule has 1 aliphatic heterocycles. The van der Waals surface area contributed by atoms with E-state index in [1.54, 1.807) is 30.5 Å². The summed E-state index contributed by atoms with van der Waals surface area (Å²) in [5.74, 6) is -0.298. The molecule has 1 aliphatic rings. The summed E-state index contributed by atoms with van der Waals surface area (Å²) in [6, 6.07) is 14.7. The van der Waals surface area contributed by atoms with Crippen LogP contribution in [0.1, 0.15) is 11.1 Å². The summed E-state index contributed by atoms with van der Waals surface area (Å²) in [6.45, 7) is 0. The highest BCUT2D eigenvalue weighted by molar-refractivity contribution is 8.26. The van der Waals surface area contributed by atoms with E-state index < -0.39 is 0 Å². The molecule has 0 radical (unpaired) electrons. The Morgan fingerprint density at radius 1 is 1.04 bits per heavy atom. The molecular formula is C17H10Cl2N2OS2. The number of nitrogens with zero attached hydrogens (tertiary/aromatic N) is 2. The summed E-state index contributed by atoms with van der Waals surface area (Å²) in [4.78, 5) is 12.9. The van der Waals surface area contributed by atoms with E-state index in [1.807, 2.05) is 30.3 Å². The van der Waals surface area contributed by atoms with E-state index in [0.717, 1.165) is 5.56 Å². The Kier molecular flexibility index (Phi) is 5.36. The lowest BCUT2D eigenvalue weighted by Crippen LogP contribution is -2.22. The van der Waals surface area contributed by atoms with E-state index in [9.17, 15) is 4.79 Å². The second-order valence-corrected chi connectivity index (χ2v) is 7.27. The van der Waals surface area contributed by atoms with Crippen molar-refractivity contribution in [2.24, 2.45) is 5.10 Å². The van der Waals surface area contributed by atoms with Gasteiger partial charge in [-0.15, -0.1) is 0 Å². The fraction of sp³-hybridized carbons (Fsp3) is 0. The van der Waals surface area contributed by atoms with Crippen molar-refractivity contribution in [1.82, 2.24) is 5.01 Å². The van der Waals surface area contributed by atoms with Crippen molar-refractivity contribution in [1.29, 1.82) is 0 Å². The third-order valence-electron chi connectivity index (χ3n) is 3.17. The van der Waals surface area contributed by atoms with Crippen molar-refractivity contribution < 1.29 is 4.79 Å². The Hall–Kier alpha value is -1.66. The molecule has 2 aromatic carbocycles. The first kappa shape index (κ1) is 17.2. The highest BCUT2D eigenvalue weighted by Crippen LogP contribution is 2.35. The quantitative estimate of drug-likeness (QED) is 0.407. The number of hydrogen-bond acceptors (Lipinski definition) is 4. The number of carbonyl (C=O) groups excluding carboxylic acids is 1. The molecule has 0 aliphatic carbocycles. The van der Waals surface area contributed by atoms with Gasteiger partial charge in [-0.1, -0.05) is 71.4 Å². The summed E-state index contributed by atoms with van der Waals surface area (Å²) in [5, 5.41) is 6.33. The van der Waals surface area contributed by atoms with Crippen LogP contribution in [0.5, 0.6) is 0 Å². The summed E-state index contributed by atoms with van der Waals surface area (Å²) in [5.41, 5.74) is 1.47. The molecule has 1 heterocycles. The maximum absolute atomic E-state index is 12.5. The van der Waals surface area contributed by atoms with Gasteiger partial charge in [0.05, 0.1) is 11.1 Å². The number of hydrazone groups is 1. The standard InChI is InChI=1S/C17H10Cl2N2OS2/c18-13-7-4-8-14(19)12(13)9-15-16(22)21(17(23)24-15)20-10-11-5-2-1-3-6-11/h1-10H/b15-9+,20-10+. The van der Waals surface area contributed by atoms with Crippen LogP contribution in [0.3, 0.4) is 0 Å². The van der Waals surface area contributed by atoms with Crippen LogP contribution in [-0.4, -0.2) is 21.5 Å². The van der Waals surface area contributed by atoms with Crippen LogP contribution in [0, 0.1) is 0 Å². The van der Waals surface area contributed by atoms with Gasteiger partial charge in [0.15, 0.2) is 4.32 Å². The molecule has 3 nitrogen and oxygen atoms in total. The molecule has 1 fully saturated rings. The number of carbonyl (C=O) groups is 1. The smallest absolute Gasteiger partial charge is 0.266 e. The molecule has 7 heteroatoms. The molecule has 120 valence electrons. The summed E-state index contributed by atoms with van der Waals surface area (Å²) in [7, 11) is 0. The molecule has 3 rings (SSSR count). The lowest BCUT2D eigenvalue weighted by atomic mass is 10.2. The van der Waals surface area contributed by atoms with Crippen LogP contribution in [0.4, 0.5) is 0 Å². The molecule has 2 aromatic rings. The average molecular weight is 393 g/mol. The minimum atomic E-state index is -0.298. The minimum absolute atomic E-state index is 0.298. The monoisotopic (exact) mass is 392 g/mol. The Morgan fingerprint density at radius 3 is 2.38 bits per heavy atom. The van der Waals surface area contributed by atoms with Gasteiger partial charge in [-0.25, -0.2) is 0 Å². The van der Waals surface area contributed by atoms with Crippen LogP contribution >= 0.6 is 47.2 Å². The number of thioether (sulfide) groups is 1. The maximum Gasteiger partial charge on any atom is 0.286 e. The van der Waals surface area contributed by atoms with Crippen molar-refractivity contribution >= 4 is 69.7 Å². The average Bonchev–Trinajstić information content (AvgIpc) is 2.84. The largest absolute Gasteiger partial charge is 0.286 e. The topological polar surface area (TPSA) is 32.7 Å². The van der Waals surface area contributed by atoms with Crippen molar-refractivity contribution in [3.05, 3.63) is 74.6 Å². The Labute approximate surface area is 158 Å². The number of benzene rings is 2. The molecule has 0 unspecified atom stereocenters. The highest BCUT2D eigenvalue weighted by Gasteiger charge is 2.32. The fourth-order valence-electron chi connectivity index (χ4n) is 2.00. The zero-order valence-corrected chi connectivity index (χ0v) is 15.3. The number of rotatable bonds is 3. The number of halogens is 2. The maximum atomic E-state index is 12.5. The van der Waals surface area contributed by atoms with E-state index in [2.05, 4.69) is 5.10 Å². The predicted molar refractivity (Wildman–Crippen MR) is 106 cm³/mol. The first-order valence-electron chi connectivity index (χ1n) is 6.87. The van der Waals surface area contributed by atoms with E-state index in [-0.39, 0.29) is 5.91 Å². The molecule has 1 saturated heterocycles. The molecule has 0 N–H and O–H groups in total. The van der Waals surface area contributed by atoms with Gasteiger partial charge in [0.25, 0.3) is 5.91 Å². The second kappa shape index (κ2) is 7.49. The molecule has 0 bridgehead atoms. The van der Waals surface area contributed by atoms with Crippen molar-refractivity contribution in [2.45, 2.75) is 0 Å². The lowest BCUT2D eigenvalue weighted by Gasteiger charge is -2.06. The van der Waals surface area contributed by atoms with E-state index in [4.69, 9.17) is 35.4 Å². The first-order valence-corrected chi connectivity index (χ1v) is 8.85.